The summed E-state index contributed by atoms with van der Waals surface area (Å²) in [6.45, 7) is 4.50. The van der Waals surface area contributed by atoms with Crippen LogP contribution in [0.2, 0.25) is 0 Å². The number of rotatable bonds is 5. The van der Waals surface area contributed by atoms with Crippen molar-refractivity contribution in [3.8, 4) is 0 Å². The third-order valence-corrected chi connectivity index (χ3v) is 4.07. The number of aromatic nitrogens is 2. The van der Waals surface area contributed by atoms with E-state index in [4.69, 9.17) is 0 Å². The molecule has 2 amide bonds. The van der Waals surface area contributed by atoms with Crippen molar-refractivity contribution in [3.05, 3.63) is 71.0 Å². The lowest BCUT2D eigenvalue weighted by molar-refractivity contribution is 0.0928. The van der Waals surface area contributed by atoms with Crippen LogP contribution in [0.4, 0.5) is 0 Å². The molecule has 26 heavy (non-hydrogen) atoms. The topological polar surface area (TPSA) is 84.0 Å². The Morgan fingerprint density at radius 2 is 1.35 bits per heavy atom. The van der Waals surface area contributed by atoms with Crippen molar-refractivity contribution in [1.82, 2.24) is 20.6 Å². The molecule has 0 radical (unpaired) electrons. The third kappa shape index (κ3) is 4.03. The highest BCUT2D eigenvalue weighted by molar-refractivity contribution is 5.97. The summed E-state index contributed by atoms with van der Waals surface area (Å²) in [6, 6.07) is 14.2. The monoisotopic (exact) mass is 348 g/mol. The summed E-state index contributed by atoms with van der Waals surface area (Å²) < 4.78 is 0. The molecule has 1 heterocycles. The molecule has 6 heteroatoms. The number of fused-ring (bicyclic) bond motifs is 1. The Morgan fingerprint density at radius 3 is 2.00 bits per heavy atom. The van der Waals surface area contributed by atoms with Crippen LogP contribution in [0.15, 0.2) is 48.5 Å². The Kier molecular flexibility index (Phi) is 5.22. The van der Waals surface area contributed by atoms with E-state index in [1.807, 2.05) is 32.0 Å². The number of amides is 2. The summed E-state index contributed by atoms with van der Waals surface area (Å²) in [7, 11) is 0. The van der Waals surface area contributed by atoms with Crippen LogP contribution in [-0.2, 0) is 0 Å². The van der Waals surface area contributed by atoms with E-state index >= 15 is 0 Å². The number of carbonyl (C=O) groups excluding carboxylic acids is 2. The van der Waals surface area contributed by atoms with E-state index in [9.17, 15) is 9.59 Å². The number of hydrogen-bond acceptors (Lipinski definition) is 4. The standard InChI is InChI=1S/C20H20N4O2/c1-13-14(2)24-18-12-16(8-9-17(18)23-13)20(26)22-11-10-21-19(25)15-6-4-3-5-7-15/h3-9,12H,10-11H2,1-2H3,(H,21,25)(H,22,26). The molecule has 1 aromatic heterocycles. The van der Waals surface area contributed by atoms with Gasteiger partial charge in [0, 0.05) is 24.2 Å². The summed E-state index contributed by atoms with van der Waals surface area (Å²) in [4.78, 5) is 33.1. The van der Waals surface area contributed by atoms with Gasteiger partial charge >= 0.3 is 0 Å². The Bertz CT molecular complexity index is 955. The van der Waals surface area contributed by atoms with Gasteiger partial charge in [-0.15, -0.1) is 0 Å². The lowest BCUT2D eigenvalue weighted by atomic mass is 10.1. The van der Waals surface area contributed by atoms with Gasteiger partial charge in [0.2, 0.25) is 0 Å². The lowest BCUT2D eigenvalue weighted by Crippen LogP contribution is -2.34. The first kappa shape index (κ1) is 17.5. The van der Waals surface area contributed by atoms with Crippen LogP contribution >= 0.6 is 0 Å². The van der Waals surface area contributed by atoms with Crippen LogP contribution in [0, 0.1) is 13.8 Å². The van der Waals surface area contributed by atoms with E-state index in [-0.39, 0.29) is 11.8 Å². The molecule has 0 unspecified atom stereocenters. The third-order valence-electron chi connectivity index (χ3n) is 4.07. The number of carbonyl (C=O) groups is 2. The van der Waals surface area contributed by atoms with Crippen LogP contribution in [0.1, 0.15) is 32.1 Å². The van der Waals surface area contributed by atoms with Crippen molar-refractivity contribution < 1.29 is 9.59 Å². The molecule has 0 fully saturated rings. The fourth-order valence-electron chi connectivity index (χ4n) is 2.52. The fraction of sp³-hybridized carbons (Fsp3) is 0.200. The molecule has 2 aromatic carbocycles. The van der Waals surface area contributed by atoms with E-state index in [1.165, 1.54) is 0 Å². The zero-order chi connectivity index (χ0) is 18.5. The number of hydrogen-bond donors (Lipinski definition) is 2. The van der Waals surface area contributed by atoms with Crippen LogP contribution in [0.3, 0.4) is 0 Å². The zero-order valence-corrected chi connectivity index (χ0v) is 14.7. The molecule has 6 nitrogen and oxygen atoms in total. The lowest BCUT2D eigenvalue weighted by Gasteiger charge is -2.08. The second kappa shape index (κ2) is 7.74. The van der Waals surface area contributed by atoms with Gasteiger partial charge in [-0.25, -0.2) is 9.97 Å². The van der Waals surface area contributed by atoms with Crippen molar-refractivity contribution in [1.29, 1.82) is 0 Å². The highest BCUT2D eigenvalue weighted by Gasteiger charge is 2.09. The Morgan fingerprint density at radius 1 is 0.769 bits per heavy atom. The first-order chi connectivity index (χ1) is 12.5. The van der Waals surface area contributed by atoms with Gasteiger partial charge in [0.1, 0.15) is 0 Å². The SMILES string of the molecule is Cc1nc2ccc(C(=O)NCCNC(=O)c3ccccc3)cc2nc1C. The zero-order valence-electron chi connectivity index (χ0n) is 14.7. The van der Waals surface area contributed by atoms with Gasteiger partial charge in [-0.2, -0.15) is 0 Å². The second-order valence-corrected chi connectivity index (χ2v) is 5.98. The molecule has 0 aliphatic heterocycles. The van der Waals surface area contributed by atoms with Crippen LogP contribution in [0.5, 0.6) is 0 Å². The largest absolute Gasteiger partial charge is 0.350 e. The average Bonchev–Trinajstić information content (AvgIpc) is 2.66. The Balaban J connectivity index is 1.56. The van der Waals surface area contributed by atoms with Crippen LogP contribution < -0.4 is 10.6 Å². The first-order valence-electron chi connectivity index (χ1n) is 8.41. The summed E-state index contributed by atoms with van der Waals surface area (Å²) in [5.74, 6) is -0.368. The van der Waals surface area contributed by atoms with Crippen molar-refractivity contribution in [2.24, 2.45) is 0 Å². The molecule has 3 aromatic rings. The van der Waals surface area contributed by atoms with E-state index in [0.29, 0.717) is 29.7 Å². The number of aryl methyl sites for hydroxylation is 2. The van der Waals surface area contributed by atoms with Gasteiger partial charge in [0.25, 0.3) is 11.8 Å². The molecule has 0 aliphatic rings. The van der Waals surface area contributed by atoms with E-state index in [0.717, 1.165) is 16.9 Å². The van der Waals surface area contributed by atoms with Crippen molar-refractivity contribution in [3.63, 3.8) is 0 Å². The van der Waals surface area contributed by atoms with E-state index in [2.05, 4.69) is 20.6 Å². The van der Waals surface area contributed by atoms with Gasteiger partial charge in [-0.05, 0) is 44.2 Å². The summed E-state index contributed by atoms with van der Waals surface area (Å²) in [5.41, 5.74) is 4.29. The van der Waals surface area contributed by atoms with Gasteiger partial charge in [0.15, 0.2) is 0 Å². The smallest absolute Gasteiger partial charge is 0.251 e. The minimum Gasteiger partial charge on any atom is -0.350 e. The molecular formula is C20H20N4O2. The van der Waals surface area contributed by atoms with E-state index < -0.39 is 0 Å². The van der Waals surface area contributed by atoms with Crippen LogP contribution in [-0.4, -0.2) is 34.9 Å². The maximum Gasteiger partial charge on any atom is 0.251 e. The molecule has 0 aliphatic carbocycles. The summed E-state index contributed by atoms with van der Waals surface area (Å²) >= 11 is 0. The molecule has 132 valence electrons. The molecule has 0 spiro atoms. The minimum atomic E-state index is -0.208. The fourth-order valence-corrected chi connectivity index (χ4v) is 2.52. The summed E-state index contributed by atoms with van der Waals surface area (Å²) in [6.07, 6.45) is 0. The maximum atomic E-state index is 12.3. The average molecular weight is 348 g/mol. The summed E-state index contributed by atoms with van der Waals surface area (Å²) in [5, 5.41) is 5.57. The highest BCUT2D eigenvalue weighted by Crippen LogP contribution is 2.14. The van der Waals surface area contributed by atoms with E-state index in [1.54, 1.807) is 30.3 Å². The number of nitrogens with one attached hydrogen (secondary N) is 2. The van der Waals surface area contributed by atoms with Crippen LogP contribution in [0.25, 0.3) is 11.0 Å². The first-order valence-corrected chi connectivity index (χ1v) is 8.41. The van der Waals surface area contributed by atoms with Gasteiger partial charge in [0.05, 0.1) is 22.4 Å². The van der Waals surface area contributed by atoms with Gasteiger partial charge in [-0.1, -0.05) is 18.2 Å². The van der Waals surface area contributed by atoms with Crippen molar-refractivity contribution in [2.75, 3.05) is 13.1 Å². The molecule has 0 bridgehead atoms. The highest BCUT2D eigenvalue weighted by atomic mass is 16.2. The van der Waals surface area contributed by atoms with Gasteiger partial charge in [-0.3, -0.25) is 9.59 Å². The maximum absolute atomic E-state index is 12.3. The minimum absolute atomic E-state index is 0.160. The molecular weight excluding hydrogens is 328 g/mol. The quantitative estimate of drug-likeness (QED) is 0.694. The molecule has 3 rings (SSSR count). The molecule has 2 N–H and O–H groups in total. The normalized spacial score (nSPS) is 10.5. The van der Waals surface area contributed by atoms with Crippen molar-refractivity contribution >= 4 is 22.8 Å². The Labute approximate surface area is 151 Å². The number of benzene rings is 2. The molecule has 0 atom stereocenters. The predicted octanol–water partition coefficient (Wildman–Crippen LogP) is 2.41. The van der Waals surface area contributed by atoms with Gasteiger partial charge < -0.3 is 10.6 Å². The number of nitrogens with zero attached hydrogens (tertiary/aromatic N) is 2. The second-order valence-electron chi connectivity index (χ2n) is 5.98. The molecule has 0 saturated carbocycles. The van der Waals surface area contributed by atoms with Crippen molar-refractivity contribution in [2.45, 2.75) is 13.8 Å². The Hall–Kier alpha value is -3.28. The predicted molar refractivity (Wildman–Crippen MR) is 100 cm³/mol. The molecule has 0 saturated heterocycles.